The van der Waals surface area contributed by atoms with Gasteiger partial charge < -0.3 is 15.2 Å². The summed E-state index contributed by atoms with van der Waals surface area (Å²) in [6.07, 6.45) is -1.01. The Morgan fingerprint density at radius 2 is 2.12 bits per heavy atom. The first-order chi connectivity index (χ1) is 7.83. The number of likely N-dealkylation sites (N-methyl/N-ethyl adjacent to an activating group) is 1. The van der Waals surface area contributed by atoms with Crippen molar-refractivity contribution in [3.8, 4) is 0 Å². The number of nitrogens with two attached hydrogens (primary N) is 1. The van der Waals surface area contributed by atoms with E-state index in [1.54, 1.807) is 11.6 Å². The maximum Gasteiger partial charge on any atom is 0.421 e. The van der Waals surface area contributed by atoms with E-state index >= 15 is 0 Å². The van der Waals surface area contributed by atoms with Gasteiger partial charge in [-0.25, -0.2) is 9.52 Å². The maximum absolute atomic E-state index is 11.6. The van der Waals surface area contributed by atoms with Crippen LogP contribution in [0, 0.1) is 0 Å². The number of methoxy groups -OCH3 is 1. The second-order valence-electron chi connectivity index (χ2n) is 3.32. The molecule has 0 aliphatic carbocycles. The fourth-order valence-corrected chi connectivity index (χ4v) is 1.85. The summed E-state index contributed by atoms with van der Waals surface area (Å²) in [5.41, 5.74) is 5.60. The minimum atomic E-state index is -3.92. The Bertz CT molecular complexity index is 332. The number of rotatable bonds is 7. The highest BCUT2D eigenvalue weighted by atomic mass is 32.2. The van der Waals surface area contributed by atoms with Crippen LogP contribution in [-0.4, -0.2) is 58.8 Å². The number of nitrogens with zero attached hydrogens (tertiary/aromatic N) is 1. The first kappa shape index (κ1) is 16.1. The topological polar surface area (TPSA) is 111 Å². The summed E-state index contributed by atoms with van der Waals surface area (Å²) in [5, 5.41) is 0. The predicted molar refractivity (Wildman–Crippen MR) is 61.6 cm³/mol. The number of carbonyl (C=O) groups excluding carboxylic acids is 1. The van der Waals surface area contributed by atoms with Crippen LogP contribution in [0.4, 0.5) is 4.79 Å². The van der Waals surface area contributed by atoms with Crippen molar-refractivity contribution in [3.05, 3.63) is 0 Å². The number of nitrogens with one attached hydrogen (secondary N) is 1. The Hall–Kier alpha value is -0.900. The third-order valence-electron chi connectivity index (χ3n) is 1.77. The van der Waals surface area contributed by atoms with Crippen molar-refractivity contribution in [1.29, 1.82) is 0 Å². The van der Waals surface area contributed by atoms with E-state index in [1.807, 2.05) is 0 Å². The van der Waals surface area contributed by atoms with Crippen LogP contribution in [0.1, 0.15) is 6.92 Å². The average molecular weight is 269 g/mol. The Morgan fingerprint density at radius 3 is 2.59 bits per heavy atom. The molecule has 9 heteroatoms. The molecule has 1 amide bonds. The van der Waals surface area contributed by atoms with E-state index in [0.717, 1.165) is 4.31 Å². The molecule has 1 atom stereocenters. The number of carbonyl (C=O) groups is 1. The summed E-state index contributed by atoms with van der Waals surface area (Å²) in [7, 11) is -1.16. The van der Waals surface area contributed by atoms with Gasteiger partial charge in [0, 0.05) is 26.7 Å². The zero-order valence-electron chi connectivity index (χ0n) is 10.2. The molecule has 0 aliphatic rings. The molecule has 17 heavy (non-hydrogen) atoms. The SMILES string of the molecule is CCOC(=O)NS(=O)(=O)N(C)CC(N)COC. The van der Waals surface area contributed by atoms with Crippen LogP contribution in [-0.2, 0) is 19.7 Å². The lowest BCUT2D eigenvalue weighted by Gasteiger charge is -2.20. The molecule has 0 saturated heterocycles. The van der Waals surface area contributed by atoms with Crippen molar-refractivity contribution in [3.63, 3.8) is 0 Å². The van der Waals surface area contributed by atoms with E-state index in [9.17, 15) is 13.2 Å². The molecule has 8 nitrogen and oxygen atoms in total. The molecule has 0 heterocycles. The smallest absolute Gasteiger partial charge is 0.421 e. The van der Waals surface area contributed by atoms with Crippen LogP contribution in [0.5, 0.6) is 0 Å². The minimum Gasteiger partial charge on any atom is -0.449 e. The maximum atomic E-state index is 11.6. The van der Waals surface area contributed by atoms with E-state index in [1.165, 1.54) is 14.2 Å². The van der Waals surface area contributed by atoms with E-state index < -0.39 is 22.3 Å². The molecular weight excluding hydrogens is 250 g/mol. The first-order valence-electron chi connectivity index (χ1n) is 4.98. The van der Waals surface area contributed by atoms with Crippen LogP contribution in [0.25, 0.3) is 0 Å². The molecule has 0 aromatic rings. The average Bonchev–Trinajstić information content (AvgIpc) is 2.17. The number of ether oxygens (including phenoxy) is 2. The number of hydrogen-bond donors (Lipinski definition) is 2. The van der Waals surface area contributed by atoms with E-state index in [4.69, 9.17) is 10.5 Å². The lowest BCUT2D eigenvalue weighted by Crippen LogP contribution is -2.47. The summed E-state index contributed by atoms with van der Waals surface area (Å²) < 4.78 is 35.1. The number of amides is 1. The van der Waals surface area contributed by atoms with Crippen molar-refractivity contribution in [2.45, 2.75) is 13.0 Å². The van der Waals surface area contributed by atoms with Gasteiger partial charge in [-0.1, -0.05) is 0 Å². The van der Waals surface area contributed by atoms with Gasteiger partial charge in [-0.15, -0.1) is 0 Å². The largest absolute Gasteiger partial charge is 0.449 e. The van der Waals surface area contributed by atoms with Gasteiger partial charge in [-0.05, 0) is 6.92 Å². The van der Waals surface area contributed by atoms with Crippen LogP contribution >= 0.6 is 0 Å². The highest BCUT2D eigenvalue weighted by Crippen LogP contribution is 1.96. The lowest BCUT2D eigenvalue weighted by molar-refractivity contribution is 0.157. The summed E-state index contributed by atoms with van der Waals surface area (Å²) in [5.74, 6) is 0. The second-order valence-corrected chi connectivity index (χ2v) is 5.10. The molecule has 0 saturated carbocycles. The van der Waals surface area contributed by atoms with Gasteiger partial charge >= 0.3 is 16.3 Å². The Balaban J connectivity index is 4.34. The standard InChI is InChI=1S/C8H19N3O5S/c1-4-16-8(12)10-17(13,14)11(2)5-7(9)6-15-3/h7H,4-6,9H2,1-3H3,(H,10,12). The molecule has 0 bridgehead atoms. The van der Waals surface area contributed by atoms with Crippen LogP contribution in [0.15, 0.2) is 0 Å². The van der Waals surface area contributed by atoms with Crippen LogP contribution in [0.2, 0.25) is 0 Å². The third kappa shape index (κ3) is 6.41. The fourth-order valence-electron chi connectivity index (χ4n) is 1.04. The first-order valence-corrected chi connectivity index (χ1v) is 6.42. The van der Waals surface area contributed by atoms with Crippen molar-refractivity contribution >= 4 is 16.3 Å². The van der Waals surface area contributed by atoms with Crippen LogP contribution < -0.4 is 10.5 Å². The van der Waals surface area contributed by atoms with Crippen molar-refractivity contribution in [1.82, 2.24) is 9.03 Å². The Kier molecular flexibility index (Phi) is 7.04. The fraction of sp³-hybridized carbons (Fsp3) is 0.875. The zero-order chi connectivity index (χ0) is 13.5. The molecule has 1 unspecified atom stereocenters. The molecule has 3 N–H and O–H groups in total. The van der Waals surface area contributed by atoms with Gasteiger partial charge in [0.05, 0.1) is 13.2 Å². The summed E-state index contributed by atoms with van der Waals surface area (Å²) in [6.45, 7) is 1.92. The summed E-state index contributed by atoms with van der Waals surface area (Å²) >= 11 is 0. The summed E-state index contributed by atoms with van der Waals surface area (Å²) in [4.78, 5) is 11.0. The van der Waals surface area contributed by atoms with Crippen LogP contribution in [0.3, 0.4) is 0 Å². The molecule has 0 aromatic carbocycles. The Morgan fingerprint density at radius 1 is 1.53 bits per heavy atom. The number of hydrogen-bond acceptors (Lipinski definition) is 6. The van der Waals surface area contributed by atoms with Gasteiger partial charge in [-0.2, -0.15) is 12.7 Å². The Labute approximate surface area is 101 Å². The third-order valence-corrected chi connectivity index (χ3v) is 3.16. The highest BCUT2D eigenvalue weighted by molar-refractivity contribution is 7.87. The van der Waals surface area contributed by atoms with Crippen molar-refractivity contribution in [2.24, 2.45) is 5.73 Å². The lowest BCUT2D eigenvalue weighted by atomic mass is 10.3. The van der Waals surface area contributed by atoms with Crippen molar-refractivity contribution in [2.75, 3.05) is 33.9 Å². The molecule has 102 valence electrons. The molecule has 0 rings (SSSR count). The molecular formula is C8H19N3O5S. The predicted octanol–water partition coefficient (Wildman–Crippen LogP) is -1.12. The van der Waals surface area contributed by atoms with E-state index in [-0.39, 0.29) is 19.8 Å². The van der Waals surface area contributed by atoms with Gasteiger partial charge in [0.25, 0.3) is 0 Å². The van der Waals surface area contributed by atoms with Gasteiger partial charge in [0.1, 0.15) is 0 Å². The van der Waals surface area contributed by atoms with Gasteiger partial charge in [0.15, 0.2) is 0 Å². The van der Waals surface area contributed by atoms with Gasteiger partial charge in [-0.3, -0.25) is 0 Å². The molecule has 0 spiro atoms. The quantitative estimate of drug-likeness (QED) is 0.606. The zero-order valence-corrected chi connectivity index (χ0v) is 11.0. The molecule has 0 fully saturated rings. The van der Waals surface area contributed by atoms with Gasteiger partial charge in [0.2, 0.25) is 0 Å². The molecule has 0 aliphatic heterocycles. The molecule has 0 aromatic heterocycles. The normalized spacial score (nSPS) is 13.5. The van der Waals surface area contributed by atoms with E-state index in [2.05, 4.69) is 4.74 Å². The molecule has 0 radical (unpaired) electrons. The second kappa shape index (κ2) is 7.43. The highest BCUT2D eigenvalue weighted by Gasteiger charge is 2.22. The summed E-state index contributed by atoms with van der Waals surface area (Å²) in [6, 6.07) is -0.469. The minimum absolute atomic E-state index is 0.0303. The van der Waals surface area contributed by atoms with E-state index in [0.29, 0.717) is 0 Å². The van der Waals surface area contributed by atoms with Crippen molar-refractivity contribution < 1.29 is 22.7 Å². The monoisotopic (exact) mass is 269 g/mol.